The standard InChI is InChI=1S/C21H27BrN6/c1-27-13-15(11-23-27)17-12-24-28-20(17)26-19(14-7-3-2-4-8-14)18(22)21(28)25-16-9-5-6-10-16/h11-14,16,25H,2-10H2,1H3. The van der Waals surface area contributed by atoms with E-state index in [0.717, 1.165) is 27.1 Å². The first-order chi connectivity index (χ1) is 13.7. The fourth-order valence-corrected chi connectivity index (χ4v) is 5.48. The third kappa shape index (κ3) is 3.23. The zero-order valence-corrected chi connectivity index (χ0v) is 18.0. The molecule has 2 aliphatic carbocycles. The van der Waals surface area contributed by atoms with Crippen LogP contribution in [0.25, 0.3) is 16.8 Å². The van der Waals surface area contributed by atoms with Gasteiger partial charge in [0.25, 0.3) is 0 Å². The molecule has 0 aromatic carbocycles. The van der Waals surface area contributed by atoms with Gasteiger partial charge < -0.3 is 5.32 Å². The van der Waals surface area contributed by atoms with E-state index in [1.807, 2.05) is 34.8 Å². The first-order valence-electron chi connectivity index (χ1n) is 10.5. The van der Waals surface area contributed by atoms with Crippen LogP contribution in [0.5, 0.6) is 0 Å². The highest BCUT2D eigenvalue weighted by atomic mass is 79.9. The zero-order chi connectivity index (χ0) is 19.1. The fraction of sp³-hybridized carbons (Fsp3) is 0.571. The van der Waals surface area contributed by atoms with Gasteiger partial charge in [-0.05, 0) is 41.6 Å². The minimum absolute atomic E-state index is 0.521. The second-order valence-electron chi connectivity index (χ2n) is 8.32. The summed E-state index contributed by atoms with van der Waals surface area (Å²) in [6.07, 6.45) is 17.3. The quantitative estimate of drug-likeness (QED) is 0.595. The molecule has 2 fully saturated rings. The van der Waals surface area contributed by atoms with Gasteiger partial charge >= 0.3 is 0 Å². The zero-order valence-electron chi connectivity index (χ0n) is 16.4. The molecule has 6 nitrogen and oxygen atoms in total. The first-order valence-corrected chi connectivity index (χ1v) is 11.3. The Kier molecular flexibility index (Phi) is 4.87. The van der Waals surface area contributed by atoms with Gasteiger partial charge in [0.05, 0.1) is 22.6 Å². The SMILES string of the molecule is Cn1cc(-c2cnn3c(NC4CCCC4)c(Br)c(C4CCCCC4)nc23)cn1. The second kappa shape index (κ2) is 7.50. The average Bonchev–Trinajstić information content (AvgIpc) is 3.45. The van der Waals surface area contributed by atoms with Gasteiger partial charge in [-0.1, -0.05) is 32.1 Å². The Morgan fingerprint density at radius 3 is 2.46 bits per heavy atom. The minimum Gasteiger partial charge on any atom is -0.366 e. The van der Waals surface area contributed by atoms with Crippen molar-refractivity contribution in [1.29, 1.82) is 0 Å². The summed E-state index contributed by atoms with van der Waals surface area (Å²) >= 11 is 3.91. The van der Waals surface area contributed by atoms with Gasteiger partial charge in [0.2, 0.25) is 0 Å². The van der Waals surface area contributed by atoms with Crippen molar-refractivity contribution in [2.24, 2.45) is 7.05 Å². The lowest BCUT2D eigenvalue weighted by Crippen LogP contribution is -2.19. The van der Waals surface area contributed by atoms with Crippen LogP contribution in [0, 0.1) is 0 Å². The molecule has 0 bridgehead atoms. The lowest BCUT2D eigenvalue weighted by atomic mass is 9.87. The Balaban J connectivity index is 1.66. The summed E-state index contributed by atoms with van der Waals surface area (Å²) < 4.78 is 4.91. The maximum absolute atomic E-state index is 5.16. The number of nitrogens with one attached hydrogen (secondary N) is 1. The lowest BCUT2D eigenvalue weighted by molar-refractivity contribution is 0.435. The van der Waals surface area contributed by atoms with Crippen molar-refractivity contribution in [1.82, 2.24) is 24.4 Å². The highest BCUT2D eigenvalue weighted by molar-refractivity contribution is 9.10. The molecule has 0 saturated heterocycles. The Morgan fingerprint density at radius 1 is 1.00 bits per heavy atom. The molecule has 28 heavy (non-hydrogen) atoms. The Labute approximate surface area is 173 Å². The number of anilines is 1. The number of hydrogen-bond acceptors (Lipinski definition) is 4. The fourth-order valence-electron chi connectivity index (χ4n) is 4.79. The van der Waals surface area contributed by atoms with E-state index in [0.29, 0.717) is 12.0 Å². The van der Waals surface area contributed by atoms with Gasteiger partial charge in [-0.2, -0.15) is 14.7 Å². The second-order valence-corrected chi connectivity index (χ2v) is 9.11. The summed E-state index contributed by atoms with van der Waals surface area (Å²) in [7, 11) is 1.94. The summed E-state index contributed by atoms with van der Waals surface area (Å²) in [5.41, 5.74) is 4.23. The molecule has 0 radical (unpaired) electrons. The highest BCUT2D eigenvalue weighted by Crippen LogP contribution is 2.40. The van der Waals surface area contributed by atoms with Crippen molar-refractivity contribution in [3.05, 3.63) is 28.8 Å². The van der Waals surface area contributed by atoms with Crippen LogP contribution in [0.2, 0.25) is 0 Å². The summed E-state index contributed by atoms with van der Waals surface area (Å²) in [5, 5.41) is 12.9. The molecule has 2 aliphatic rings. The molecule has 3 aromatic rings. The molecule has 0 aliphatic heterocycles. The summed E-state index contributed by atoms with van der Waals surface area (Å²) in [6.45, 7) is 0. The van der Waals surface area contributed by atoms with Gasteiger partial charge in [-0.25, -0.2) is 4.98 Å². The highest BCUT2D eigenvalue weighted by Gasteiger charge is 2.26. The molecule has 148 valence electrons. The van der Waals surface area contributed by atoms with Crippen molar-refractivity contribution in [3.8, 4) is 11.1 Å². The maximum Gasteiger partial charge on any atom is 0.165 e. The molecule has 5 rings (SSSR count). The van der Waals surface area contributed by atoms with Gasteiger partial charge in [0, 0.05) is 36.3 Å². The van der Waals surface area contributed by atoms with Crippen LogP contribution in [-0.2, 0) is 7.05 Å². The van der Waals surface area contributed by atoms with Crippen LogP contribution in [0.1, 0.15) is 69.4 Å². The van der Waals surface area contributed by atoms with Crippen LogP contribution < -0.4 is 5.32 Å². The monoisotopic (exact) mass is 442 g/mol. The van der Waals surface area contributed by atoms with Gasteiger partial charge in [-0.3, -0.25) is 4.68 Å². The van der Waals surface area contributed by atoms with Crippen LogP contribution in [0.3, 0.4) is 0 Å². The average molecular weight is 443 g/mol. The predicted octanol–water partition coefficient (Wildman–Crippen LogP) is 5.29. The van der Waals surface area contributed by atoms with Crippen LogP contribution in [-0.4, -0.2) is 30.4 Å². The van der Waals surface area contributed by atoms with E-state index in [-0.39, 0.29) is 0 Å². The van der Waals surface area contributed by atoms with Crippen LogP contribution >= 0.6 is 15.9 Å². The van der Waals surface area contributed by atoms with E-state index in [1.54, 1.807) is 0 Å². The van der Waals surface area contributed by atoms with Crippen molar-refractivity contribution in [2.45, 2.75) is 69.7 Å². The van der Waals surface area contributed by atoms with Gasteiger partial charge in [-0.15, -0.1) is 0 Å². The van der Waals surface area contributed by atoms with E-state index in [1.165, 1.54) is 63.5 Å². The summed E-state index contributed by atoms with van der Waals surface area (Å²) in [4.78, 5) is 5.16. The molecular weight excluding hydrogens is 416 g/mol. The van der Waals surface area contributed by atoms with Crippen molar-refractivity contribution in [2.75, 3.05) is 5.32 Å². The normalized spacial score (nSPS) is 18.9. The summed E-state index contributed by atoms with van der Waals surface area (Å²) in [5.74, 6) is 1.58. The molecule has 0 unspecified atom stereocenters. The number of aryl methyl sites for hydroxylation is 1. The minimum atomic E-state index is 0.521. The Bertz CT molecular complexity index is 978. The largest absolute Gasteiger partial charge is 0.366 e. The number of hydrogen-bond donors (Lipinski definition) is 1. The lowest BCUT2D eigenvalue weighted by Gasteiger charge is -2.24. The number of halogens is 1. The van der Waals surface area contributed by atoms with Gasteiger partial charge in [0.15, 0.2) is 5.65 Å². The topological polar surface area (TPSA) is 60.0 Å². The van der Waals surface area contributed by atoms with E-state index >= 15 is 0 Å². The molecule has 0 atom stereocenters. The molecule has 0 spiro atoms. The molecule has 1 N–H and O–H groups in total. The van der Waals surface area contributed by atoms with Crippen LogP contribution in [0.4, 0.5) is 5.82 Å². The van der Waals surface area contributed by atoms with E-state index in [4.69, 9.17) is 10.1 Å². The van der Waals surface area contributed by atoms with E-state index in [2.05, 4.69) is 26.3 Å². The smallest absolute Gasteiger partial charge is 0.165 e. The molecule has 0 amide bonds. The predicted molar refractivity (Wildman–Crippen MR) is 115 cm³/mol. The van der Waals surface area contributed by atoms with E-state index in [9.17, 15) is 0 Å². The number of aromatic nitrogens is 5. The number of rotatable bonds is 4. The maximum atomic E-state index is 5.16. The van der Waals surface area contributed by atoms with Crippen molar-refractivity contribution < 1.29 is 0 Å². The van der Waals surface area contributed by atoms with Crippen molar-refractivity contribution >= 4 is 27.4 Å². The van der Waals surface area contributed by atoms with E-state index < -0.39 is 0 Å². The Hall–Kier alpha value is -1.89. The number of fused-ring (bicyclic) bond motifs is 1. The molecule has 3 heterocycles. The third-order valence-electron chi connectivity index (χ3n) is 6.32. The summed E-state index contributed by atoms with van der Waals surface area (Å²) in [6, 6.07) is 0.521. The Morgan fingerprint density at radius 2 is 1.75 bits per heavy atom. The first kappa shape index (κ1) is 18.2. The molecule has 3 aromatic heterocycles. The van der Waals surface area contributed by atoms with Gasteiger partial charge in [0.1, 0.15) is 5.82 Å². The third-order valence-corrected chi connectivity index (χ3v) is 7.10. The number of nitrogens with zero attached hydrogens (tertiary/aromatic N) is 5. The molecule has 7 heteroatoms. The van der Waals surface area contributed by atoms with Crippen LogP contribution in [0.15, 0.2) is 23.1 Å². The van der Waals surface area contributed by atoms with Crippen molar-refractivity contribution in [3.63, 3.8) is 0 Å². The molecular formula is C21H27BrN6. The molecule has 2 saturated carbocycles.